The Morgan fingerprint density at radius 2 is 1.77 bits per heavy atom. The van der Waals surface area contributed by atoms with Crippen molar-refractivity contribution < 1.29 is 0 Å². The largest absolute Gasteiger partial charge is 0.312 e. The molecule has 0 aromatic rings. The maximum Gasteiger partial charge on any atom is 0.0489 e. The zero-order chi connectivity index (χ0) is 9.10. The normalized spacial score (nSPS) is 35.8. The van der Waals surface area contributed by atoms with E-state index in [1.54, 1.807) is 0 Å². The smallest absolute Gasteiger partial charge is 0.0489 e. The Hall–Kier alpha value is 0.250. The molecule has 13 heavy (non-hydrogen) atoms. The average Bonchev–Trinajstić information content (AvgIpc) is 2.90. The van der Waals surface area contributed by atoms with E-state index in [9.17, 15) is 0 Å². The number of nitrogens with one attached hydrogen (secondary N) is 1. The molecule has 0 aromatic heterocycles. The first-order valence-electron chi connectivity index (χ1n) is 5.74. The SMILES string of the molecule is ClC1CCCCCC1NCC1CC1. The van der Waals surface area contributed by atoms with Crippen LogP contribution in [-0.4, -0.2) is 18.0 Å². The predicted molar refractivity (Wildman–Crippen MR) is 57.2 cm³/mol. The second kappa shape index (κ2) is 4.65. The first-order valence-corrected chi connectivity index (χ1v) is 6.17. The third-order valence-electron chi connectivity index (χ3n) is 3.30. The van der Waals surface area contributed by atoms with Gasteiger partial charge in [-0.05, 0) is 38.1 Å². The summed E-state index contributed by atoms with van der Waals surface area (Å²) in [6, 6.07) is 0.602. The number of alkyl halides is 1. The van der Waals surface area contributed by atoms with Crippen molar-refractivity contribution in [2.45, 2.75) is 56.4 Å². The highest BCUT2D eigenvalue weighted by Crippen LogP contribution is 2.29. The maximum absolute atomic E-state index is 6.33. The van der Waals surface area contributed by atoms with Gasteiger partial charge < -0.3 is 5.32 Å². The Labute approximate surface area is 86.2 Å². The molecule has 2 aliphatic carbocycles. The van der Waals surface area contributed by atoms with E-state index in [1.165, 1.54) is 51.5 Å². The molecule has 0 aromatic carbocycles. The van der Waals surface area contributed by atoms with Crippen LogP contribution in [0.25, 0.3) is 0 Å². The molecule has 2 saturated carbocycles. The second-order valence-corrected chi connectivity index (χ2v) is 5.17. The average molecular weight is 202 g/mol. The summed E-state index contributed by atoms with van der Waals surface area (Å²) in [6.45, 7) is 1.22. The fourth-order valence-electron chi connectivity index (χ4n) is 2.13. The van der Waals surface area contributed by atoms with Gasteiger partial charge in [0.25, 0.3) is 0 Å². The summed E-state index contributed by atoms with van der Waals surface area (Å²) in [7, 11) is 0. The maximum atomic E-state index is 6.33. The predicted octanol–water partition coefficient (Wildman–Crippen LogP) is 2.93. The topological polar surface area (TPSA) is 12.0 Å². The fraction of sp³-hybridized carbons (Fsp3) is 1.00. The van der Waals surface area contributed by atoms with Gasteiger partial charge in [0.1, 0.15) is 0 Å². The minimum Gasteiger partial charge on any atom is -0.312 e. The van der Waals surface area contributed by atoms with Gasteiger partial charge in [-0.15, -0.1) is 11.6 Å². The molecule has 2 aliphatic rings. The lowest BCUT2D eigenvalue weighted by Gasteiger charge is -2.20. The first-order chi connectivity index (χ1) is 6.36. The highest BCUT2D eigenvalue weighted by atomic mass is 35.5. The molecule has 0 bridgehead atoms. The molecule has 0 amide bonds. The lowest BCUT2D eigenvalue weighted by Crippen LogP contribution is -2.37. The van der Waals surface area contributed by atoms with Gasteiger partial charge in [-0.2, -0.15) is 0 Å². The Morgan fingerprint density at radius 1 is 1.00 bits per heavy atom. The molecule has 1 nitrogen and oxygen atoms in total. The highest BCUT2D eigenvalue weighted by molar-refractivity contribution is 6.21. The van der Waals surface area contributed by atoms with Crippen molar-refractivity contribution in [2.75, 3.05) is 6.54 Å². The zero-order valence-corrected chi connectivity index (χ0v) is 9.02. The van der Waals surface area contributed by atoms with Crippen molar-refractivity contribution in [3.8, 4) is 0 Å². The fourth-order valence-corrected chi connectivity index (χ4v) is 2.50. The summed E-state index contributed by atoms with van der Waals surface area (Å²) >= 11 is 6.33. The van der Waals surface area contributed by atoms with Crippen molar-refractivity contribution in [1.29, 1.82) is 0 Å². The van der Waals surface area contributed by atoms with Crippen molar-refractivity contribution in [3.05, 3.63) is 0 Å². The molecule has 1 N–H and O–H groups in total. The molecule has 2 unspecified atom stereocenters. The summed E-state index contributed by atoms with van der Waals surface area (Å²) in [4.78, 5) is 0. The van der Waals surface area contributed by atoms with E-state index in [4.69, 9.17) is 11.6 Å². The Balaban J connectivity index is 1.72. The molecule has 76 valence electrons. The summed E-state index contributed by atoms with van der Waals surface area (Å²) in [6.07, 6.45) is 9.45. The number of hydrogen-bond acceptors (Lipinski definition) is 1. The van der Waals surface area contributed by atoms with Crippen LogP contribution in [0.3, 0.4) is 0 Å². The van der Waals surface area contributed by atoms with Gasteiger partial charge in [0.2, 0.25) is 0 Å². The molecule has 2 rings (SSSR count). The van der Waals surface area contributed by atoms with Crippen LogP contribution in [-0.2, 0) is 0 Å². The third-order valence-corrected chi connectivity index (χ3v) is 3.82. The number of halogens is 1. The van der Waals surface area contributed by atoms with Crippen molar-refractivity contribution >= 4 is 11.6 Å². The van der Waals surface area contributed by atoms with Gasteiger partial charge in [0.05, 0.1) is 0 Å². The molecule has 0 saturated heterocycles. The van der Waals surface area contributed by atoms with E-state index in [0.29, 0.717) is 11.4 Å². The Bertz CT molecular complexity index is 156. The monoisotopic (exact) mass is 201 g/mol. The van der Waals surface area contributed by atoms with Crippen LogP contribution in [0.5, 0.6) is 0 Å². The van der Waals surface area contributed by atoms with E-state index >= 15 is 0 Å². The van der Waals surface area contributed by atoms with Crippen LogP contribution < -0.4 is 5.32 Å². The van der Waals surface area contributed by atoms with E-state index in [2.05, 4.69) is 5.32 Å². The molecule has 2 heteroatoms. The summed E-state index contributed by atoms with van der Waals surface area (Å²) in [5.41, 5.74) is 0. The number of rotatable bonds is 3. The zero-order valence-electron chi connectivity index (χ0n) is 8.27. The van der Waals surface area contributed by atoms with Gasteiger partial charge in [-0.3, -0.25) is 0 Å². The van der Waals surface area contributed by atoms with Gasteiger partial charge in [0.15, 0.2) is 0 Å². The van der Waals surface area contributed by atoms with Gasteiger partial charge in [-0.1, -0.05) is 19.3 Å². The first kappa shape index (κ1) is 9.79. The summed E-state index contributed by atoms with van der Waals surface area (Å²) in [5, 5.41) is 4.03. The van der Waals surface area contributed by atoms with E-state index in [0.717, 1.165) is 5.92 Å². The van der Waals surface area contributed by atoms with E-state index in [-0.39, 0.29) is 0 Å². The second-order valence-electron chi connectivity index (χ2n) is 4.61. The molecule has 0 radical (unpaired) electrons. The van der Waals surface area contributed by atoms with Crippen molar-refractivity contribution in [3.63, 3.8) is 0 Å². The van der Waals surface area contributed by atoms with Crippen LogP contribution in [0.15, 0.2) is 0 Å². The third kappa shape index (κ3) is 3.14. The van der Waals surface area contributed by atoms with Crippen LogP contribution in [0.1, 0.15) is 44.9 Å². The summed E-state index contributed by atoms with van der Waals surface area (Å²) in [5.74, 6) is 0.979. The Kier molecular flexibility index (Phi) is 3.51. The molecular formula is C11H20ClN. The van der Waals surface area contributed by atoms with Crippen LogP contribution >= 0.6 is 11.6 Å². The lowest BCUT2D eigenvalue weighted by molar-refractivity contribution is 0.455. The lowest BCUT2D eigenvalue weighted by atomic mass is 10.1. The van der Waals surface area contributed by atoms with Crippen LogP contribution in [0.4, 0.5) is 0 Å². The van der Waals surface area contributed by atoms with Crippen molar-refractivity contribution in [1.82, 2.24) is 5.32 Å². The molecule has 2 fully saturated rings. The van der Waals surface area contributed by atoms with Gasteiger partial charge in [-0.25, -0.2) is 0 Å². The van der Waals surface area contributed by atoms with Gasteiger partial charge in [0, 0.05) is 11.4 Å². The van der Waals surface area contributed by atoms with Crippen LogP contribution in [0, 0.1) is 5.92 Å². The quantitative estimate of drug-likeness (QED) is 0.547. The minimum atomic E-state index is 0.390. The Morgan fingerprint density at radius 3 is 2.54 bits per heavy atom. The standard InChI is InChI=1S/C11H20ClN/c12-10-4-2-1-3-5-11(10)13-8-9-6-7-9/h9-11,13H,1-8H2. The molecule has 0 spiro atoms. The summed E-state index contributed by atoms with van der Waals surface area (Å²) < 4.78 is 0. The van der Waals surface area contributed by atoms with E-state index < -0.39 is 0 Å². The van der Waals surface area contributed by atoms with Gasteiger partial charge >= 0.3 is 0 Å². The highest BCUT2D eigenvalue weighted by Gasteiger charge is 2.25. The molecule has 0 aliphatic heterocycles. The number of hydrogen-bond donors (Lipinski definition) is 1. The minimum absolute atomic E-state index is 0.390. The molecule has 0 heterocycles. The van der Waals surface area contributed by atoms with Crippen LogP contribution in [0.2, 0.25) is 0 Å². The van der Waals surface area contributed by atoms with Crippen molar-refractivity contribution in [2.24, 2.45) is 5.92 Å². The van der Waals surface area contributed by atoms with E-state index in [1.807, 2.05) is 0 Å². The molecular weight excluding hydrogens is 182 g/mol. The molecule has 2 atom stereocenters.